The molecule has 11 nitrogen and oxygen atoms in total. The normalized spacial score (nSPS) is 14.2. The standard InChI is InChI=1S/C16H20N6O5/c1-2-21-14(16(26)20-5-7-27-8-6-20)11(9-18-21)19-15(25)12-3-4-17-22(12)10-13(23)24/h3-4,9H,2,5-8,10H2,1H3,(H,19,25)(H,23,24). The second kappa shape index (κ2) is 7.99. The molecule has 2 aromatic rings. The molecule has 2 aromatic heterocycles. The number of aromatic nitrogens is 4. The molecule has 1 saturated heterocycles. The Hall–Kier alpha value is -3.21. The van der Waals surface area contributed by atoms with E-state index in [-0.39, 0.29) is 23.0 Å². The molecule has 27 heavy (non-hydrogen) atoms. The highest BCUT2D eigenvalue weighted by Gasteiger charge is 2.26. The Balaban J connectivity index is 1.84. The summed E-state index contributed by atoms with van der Waals surface area (Å²) in [4.78, 5) is 38.0. The van der Waals surface area contributed by atoms with Crippen LogP contribution in [-0.2, 0) is 22.6 Å². The summed E-state index contributed by atoms with van der Waals surface area (Å²) in [6.07, 6.45) is 2.75. The molecule has 3 rings (SSSR count). The molecule has 2 N–H and O–H groups in total. The van der Waals surface area contributed by atoms with Crippen molar-refractivity contribution in [3.05, 3.63) is 29.8 Å². The van der Waals surface area contributed by atoms with Crippen molar-refractivity contribution in [3.8, 4) is 0 Å². The second-order valence-corrected chi connectivity index (χ2v) is 5.85. The second-order valence-electron chi connectivity index (χ2n) is 5.85. The molecule has 2 amide bonds. The fourth-order valence-electron chi connectivity index (χ4n) is 2.82. The molecule has 144 valence electrons. The summed E-state index contributed by atoms with van der Waals surface area (Å²) in [5.41, 5.74) is 0.616. The van der Waals surface area contributed by atoms with Crippen molar-refractivity contribution in [1.82, 2.24) is 24.5 Å². The van der Waals surface area contributed by atoms with Gasteiger partial charge < -0.3 is 20.1 Å². The molecule has 0 aromatic carbocycles. The molecular formula is C16H20N6O5. The van der Waals surface area contributed by atoms with Gasteiger partial charge >= 0.3 is 5.97 Å². The quantitative estimate of drug-likeness (QED) is 0.720. The van der Waals surface area contributed by atoms with Gasteiger partial charge in [-0.25, -0.2) is 4.68 Å². The number of carboxylic acids is 1. The Morgan fingerprint density at radius 2 is 1.96 bits per heavy atom. The number of morpholine rings is 1. The highest BCUT2D eigenvalue weighted by molar-refractivity contribution is 6.07. The summed E-state index contributed by atoms with van der Waals surface area (Å²) < 4.78 is 7.86. The number of hydrogen-bond acceptors (Lipinski definition) is 6. The molecule has 1 aliphatic rings. The van der Waals surface area contributed by atoms with Crippen molar-refractivity contribution >= 4 is 23.5 Å². The molecule has 11 heteroatoms. The summed E-state index contributed by atoms with van der Waals surface area (Å²) in [6.45, 7) is 3.71. The minimum Gasteiger partial charge on any atom is -0.480 e. The minimum atomic E-state index is -1.12. The third-order valence-electron chi connectivity index (χ3n) is 4.12. The van der Waals surface area contributed by atoms with E-state index in [9.17, 15) is 14.4 Å². The van der Waals surface area contributed by atoms with E-state index in [4.69, 9.17) is 9.84 Å². The number of aryl methyl sites for hydroxylation is 1. The van der Waals surface area contributed by atoms with Crippen LogP contribution in [0.25, 0.3) is 0 Å². The van der Waals surface area contributed by atoms with Crippen LogP contribution < -0.4 is 5.32 Å². The number of hydrogen-bond donors (Lipinski definition) is 2. The monoisotopic (exact) mass is 376 g/mol. The maximum atomic E-state index is 12.9. The van der Waals surface area contributed by atoms with Gasteiger partial charge in [0.15, 0.2) is 0 Å². The summed E-state index contributed by atoms with van der Waals surface area (Å²) >= 11 is 0. The predicted molar refractivity (Wildman–Crippen MR) is 92.4 cm³/mol. The zero-order valence-electron chi connectivity index (χ0n) is 14.8. The van der Waals surface area contributed by atoms with Gasteiger partial charge in [0.25, 0.3) is 11.8 Å². The van der Waals surface area contributed by atoms with E-state index in [0.717, 1.165) is 4.68 Å². The summed E-state index contributed by atoms with van der Waals surface area (Å²) in [6, 6.07) is 1.41. The number of aliphatic carboxylic acids is 1. The first-order valence-corrected chi connectivity index (χ1v) is 8.49. The number of anilines is 1. The minimum absolute atomic E-state index is 0.0754. The lowest BCUT2D eigenvalue weighted by Gasteiger charge is -2.27. The lowest BCUT2D eigenvalue weighted by Crippen LogP contribution is -2.41. The number of carbonyl (C=O) groups is 3. The largest absolute Gasteiger partial charge is 0.480 e. The average molecular weight is 376 g/mol. The molecule has 1 aliphatic heterocycles. The lowest BCUT2D eigenvalue weighted by molar-refractivity contribution is -0.137. The molecule has 3 heterocycles. The van der Waals surface area contributed by atoms with Gasteiger partial charge in [-0.05, 0) is 13.0 Å². The fraction of sp³-hybridized carbons (Fsp3) is 0.438. The first kappa shape index (κ1) is 18.6. The molecular weight excluding hydrogens is 356 g/mol. The van der Waals surface area contributed by atoms with Gasteiger partial charge in [0.05, 0.1) is 25.1 Å². The topological polar surface area (TPSA) is 132 Å². The maximum Gasteiger partial charge on any atom is 0.325 e. The number of rotatable bonds is 6. The molecule has 1 fully saturated rings. The van der Waals surface area contributed by atoms with Crippen LogP contribution in [0.4, 0.5) is 5.69 Å². The van der Waals surface area contributed by atoms with E-state index in [1.807, 2.05) is 6.92 Å². The Kier molecular flexibility index (Phi) is 5.50. The molecule has 0 bridgehead atoms. The predicted octanol–water partition coefficient (Wildman–Crippen LogP) is -0.0912. The van der Waals surface area contributed by atoms with Crippen molar-refractivity contribution in [2.75, 3.05) is 31.6 Å². The zero-order valence-corrected chi connectivity index (χ0v) is 14.8. The van der Waals surface area contributed by atoms with E-state index < -0.39 is 18.4 Å². The molecule has 0 spiro atoms. The van der Waals surface area contributed by atoms with Gasteiger partial charge in [-0.2, -0.15) is 10.2 Å². The number of nitrogens with one attached hydrogen (secondary N) is 1. The van der Waals surface area contributed by atoms with Crippen LogP contribution in [0.2, 0.25) is 0 Å². The Morgan fingerprint density at radius 3 is 2.63 bits per heavy atom. The zero-order chi connectivity index (χ0) is 19.4. The molecule has 0 atom stereocenters. The Morgan fingerprint density at radius 1 is 1.22 bits per heavy atom. The Bertz CT molecular complexity index is 851. The van der Waals surface area contributed by atoms with E-state index in [1.54, 1.807) is 4.90 Å². The SMILES string of the molecule is CCn1ncc(NC(=O)c2ccnn2CC(=O)O)c1C(=O)N1CCOCC1. The van der Waals surface area contributed by atoms with Crippen molar-refractivity contribution in [1.29, 1.82) is 0 Å². The highest BCUT2D eigenvalue weighted by Crippen LogP contribution is 2.19. The van der Waals surface area contributed by atoms with Crippen molar-refractivity contribution < 1.29 is 24.2 Å². The number of nitrogens with zero attached hydrogens (tertiary/aromatic N) is 5. The number of ether oxygens (including phenoxy) is 1. The number of amides is 2. The van der Waals surface area contributed by atoms with Crippen LogP contribution in [0, 0.1) is 0 Å². The molecule has 0 radical (unpaired) electrons. The maximum absolute atomic E-state index is 12.9. The van der Waals surface area contributed by atoms with E-state index >= 15 is 0 Å². The van der Waals surface area contributed by atoms with Crippen molar-refractivity contribution in [3.63, 3.8) is 0 Å². The van der Waals surface area contributed by atoms with Crippen LogP contribution in [0.15, 0.2) is 18.5 Å². The van der Waals surface area contributed by atoms with Gasteiger partial charge in [0.2, 0.25) is 0 Å². The Labute approximate surface area is 154 Å². The molecule has 0 unspecified atom stereocenters. The number of carboxylic acid groups (broad SMARTS) is 1. The highest BCUT2D eigenvalue weighted by atomic mass is 16.5. The van der Waals surface area contributed by atoms with Crippen LogP contribution in [-0.4, -0.2) is 73.7 Å². The third-order valence-corrected chi connectivity index (χ3v) is 4.12. The van der Waals surface area contributed by atoms with Crippen LogP contribution in [0.1, 0.15) is 27.9 Å². The summed E-state index contributed by atoms with van der Waals surface area (Å²) in [7, 11) is 0. The molecule has 0 saturated carbocycles. The lowest BCUT2D eigenvalue weighted by atomic mass is 10.2. The van der Waals surface area contributed by atoms with E-state index in [2.05, 4.69) is 15.5 Å². The van der Waals surface area contributed by atoms with Gasteiger partial charge in [-0.3, -0.25) is 19.1 Å². The van der Waals surface area contributed by atoms with Crippen LogP contribution >= 0.6 is 0 Å². The average Bonchev–Trinajstić information content (AvgIpc) is 3.28. The molecule has 0 aliphatic carbocycles. The van der Waals surface area contributed by atoms with Crippen molar-refractivity contribution in [2.24, 2.45) is 0 Å². The van der Waals surface area contributed by atoms with E-state index in [0.29, 0.717) is 32.8 Å². The number of carbonyl (C=O) groups excluding carboxylic acids is 2. The van der Waals surface area contributed by atoms with Crippen molar-refractivity contribution in [2.45, 2.75) is 20.0 Å². The third kappa shape index (κ3) is 3.97. The summed E-state index contributed by atoms with van der Waals surface area (Å²) in [5.74, 6) is -1.93. The van der Waals surface area contributed by atoms with Gasteiger partial charge in [0.1, 0.15) is 17.9 Å². The fourth-order valence-corrected chi connectivity index (χ4v) is 2.82. The van der Waals surface area contributed by atoms with Crippen LogP contribution in [0.5, 0.6) is 0 Å². The van der Waals surface area contributed by atoms with Gasteiger partial charge in [-0.1, -0.05) is 0 Å². The first-order valence-electron chi connectivity index (χ1n) is 8.49. The van der Waals surface area contributed by atoms with Gasteiger partial charge in [0, 0.05) is 25.8 Å². The van der Waals surface area contributed by atoms with Crippen LogP contribution in [0.3, 0.4) is 0 Å². The van der Waals surface area contributed by atoms with E-state index in [1.165, 1.54) is 23.1 Å². The smallest absolute Gasteiger partial charge is 0.325 e. The van der Waals surface area contributed by atoms with Gasteiger partial charge in [-0.15, -0.1) is 0 Å². The first-order chi connectivity index (χ1) is 13.0. The summed E-state index contributed by atoms with van der Waals surface area (Å²) in [5, 5.41) is 19.6.